The van der Waals surface area contributed by atoms with E-state index >= 15 is 0 Å². The number of amides is 3. The topological polar surface area (TPSA) is 298 Å². The Hall–Kier alpha value is -7.55. The van der Waals surface area contributed by atoms with E-state index in [1.54, 1.807) is 12.1 Å². The van der Waals surface area contributed by atoms with Gasteiger partial charge in [0.15, 0.2) is 21.7 Å². The number of nitrogens with zero attached hydrogens (tertiary/aromatic N) is 9. The van der Waals surface area contributed by atoms with Crippen molar-refractivity contribution in [1.29, 1.82) is 0 Å². The fraction of sp³-hybridized carbons (Fsp3) is 0.567. The molecular weight excluding hydrogens is 1410 g/mol. The normalized spacial score (nSPS) is 20.1. The number of sulfonamides is 2. The van der Waals surface area contributed by atoms with Gasteiger partial charge in [-0.2, -0.15) is 43.2 Å². The summed E-state index contributed by atoms with van der Waals surface area (Å²) in [6.07, 6.45) is 3.79. The molecule has 10 rings (SSSR count). The molecule has 2 saturated heterocycles. The lowest BCUT2D eigenvalue weighted by Gasteiger charge is -2.36. The number of carbonyl (C=O) groups excluding carboxylic acids is 3. The quantitative estimate of drug-likeness (QED) is 0.0159. The Bertz CT molecular complexity index is 4140. The monoisotopic (exact) mass is 1490 g/mol. The van der Waals surface area contributed by atoms with Gasteiger partial charge in [0.05, 0.1) is 35.2 Å². The molecule has 3 amide bonds. The Balaban J connectivity index is 0.000000237. The zero-order valence-electron chi connectivity index (χ0n) is 57.2. The standard InChI is InChI=1S/C36H47ClF3N7O6S.C31H39ClF3N7O4S/c1-6-15-34(5)22-24(23-46(34)32(49)53-33(2,3)4)9-8-19-41-26-10-7-11-29(42-26)54(50,51)45-31(48)25-12-13-27(43-30(25)37)47-20-14-28(44-47)52-21-18-35(16-17-35)36(38,39)40;1-3-12-29(2)19-21(20-37-29)6-5-16-36-23-7-4-8-26(38-23)47(44,45)41-28(43)22-9-10-24(39-27(22)32)42-17-11-25(40-42)46-18-15-30(13-14-30)31(33,34)35/h7,10-14,20,24H,6,8-9,15-19,21-23H2,1-5H3,(H,41,42)(H,45,48);4,7-11,17,21,37H,3,5-6,12-16,18-20H2,1-2H3,(H,36,38)(H,41,43). The van der Waals surface area contributed by atoms with E-state index in [1.165, 1.54) is 82.4 Å². The van der Waals surface area contributed by atoms with Gasteiger partial charge in [-0.25, -0.2) is 43.5 Å². The predicted molar refractivity (Wildman–Crippen MR) is 365 cm³/mol. The summed E-state index contributed by atoms with van der Waals surface area (Å²) < 4.78 is 154. The number of anilines is 2. The van der Waals surface area contributed by atoms with E-state index in [0.29, 0.717) is 37.2 Å². The lowest BCUT2D eigenvalue weighted by molar-refractivity contribution is -0.190. The van der Waals surface area contributed by atoms with E-state index in [2.05, 4.69) is 73.8 Å². The van der Waals surface area contributed by atoms with Crippen LogP contribution in [0.5, 0.6) is 11.8 Å². The lowest BCUT2D eigenvalue weighted by Crippen LogP contribution is -2.47. The zero-order valence-corrected chi connectivity index (χ0v) is 60.4. The van der Waals surface area contributed by atoms with E-state index in [0.717, 1.165) is 70.8 Å². The van der Waals surface area contributed by atoms with Gasteiger partial charge in [0, 0.05) is 55.2 Å². The molecule has 4 atom stereocenters. The number of halogens is 8. The molecule has 6 aromatic rings. The van der Waals surface area contributed by atoms with Crippen molar-refractivity contribution in [1.82, 2.24) is 59.2 Å². The predicted octanol–water partition coefficient (Wildman–Crippen LogP) is 13.5. The zero-order chi connectivity index (χ0) is 73.4. The molecule has 4 unspecified atom stereocenters. The van der Waals surface area contributed by atoms with E-state index in [-0.39, 0.29) is 130 Å². The molecule has 5 N–H and O–H groups in total. The molecule has 4 aliphatic rings. The fourth-order valence-electron chi connectivity index (χ4n) is 12.8. The molecule has 0 radical (unpaired) electrons. The summed E-state index contributed by atoms with van der Waals surface area (Å²) >= 11 is 12.5. The van der Waals surface area contributed by atoms with Gasteiger partial charge in [0.25, 0.3) is 31.9 Å². The summed E-state index contributed by atoms with van der Waals surface area (Å²) in [5, 5.41) is 16.9. The third-order valence-electron chi connectivity index (χ3n) is 18.6. The van der Waals surface area contributed by atoms with Gasteiger partial charge >= 0.3 is 18.4 Å². The molecule has 6 aromatic heterocycles. The summed E-state index contributed by atoms with van der Waals surface area (Å²) in [4.78, 5) is 57.4. The maximum absolute atomic E-state index is 13.2. The van der Waals surface area contributed by atoms with E-state index in [4.69, 9.17) is 37.4 Å². The van der Waals surface area contributed by atoms with Gasteiger partial charge in [-0.1, -0.05) is 62.0 Å². The molecule has 0 aromatic carbocycles. The van der Waals surface area contributed by atoms with Crippen molar-refractivity contribution in [2.45, 2.75) is 190 Å². The second kappa shape index (κ2) is 31.6. The van der Waals surface area contributed by atoms with Crippen molar-refractivity contribution in [2.24, 2.45) is 22.7 Å². The van der Waals surface area contributed by atoms with Crippen molar-refractivity contribution < 1.29 is 71.8 Å². The molecule has 0 bridgehead atoms. The van der Waals surface area contributed by atoms with Crippen LogP contribution in [0.1, 0.15) is 172 Å². The van der Waals surface area contributed by atoms with Crippen LogP contribution in [0.15, 0.2) is 95.2 Å². The van der Waals surface area contributed by atoms with Gasteiger partial charge in [-0.05, 0) is 191 Å². The Morgan fingerprint density at radius 2 is 1.07 bits per heavy atom. The Morgan fingerprint density at radius 3 is 1.49 bits per heavy atom. The van der Waals surface area contributed by atoms with Crippen LogP contribution >= 0.6 is 23.2 Å². The van der Waals surface area contributed by atoms with E-state index < -0.39 is 60.6 Å². The number of carbonyl (C=O) groups is 3. The summed E-state index contributed by atoms with van der Waals surface area (Å²) in [6.45, 7) is 16.7. The smallest absolute Gasteiger partial charge is 0.410 e. The van der Waals surface area contributed by atoms with Crippen molar-refractivity contribution in [3.05, 3.63) is 107 Å². The molecular formula is C67H86Cl2F6N14O10S2. The van der Waals surface area contributed by atoms with Gasteiger partial charge in [-0.15, -0.1) is 10.2 Å². The van der Waals surface area contributed by atoms with Crippen LogP contribution in [-0.2, 0) is 24.8 Å². The minimum Gasteiger partial charge on any atom is -0.477 e. The highest BCUT2D eigenvalue weighted by Crippen LogP contribution is 2.61. The minimum atomic E-state index is -4.41. The highest BCUT2D eigenvalue weighted by atomic mass is 35.5. The molecule has 2 aliphatic carbocycles. The highest BCUT2D eigenvalue weighted by Gasteiger charge is 2.63. The number of hydrogen-bond donors (Lipinski definition) is 5. The van der Waals surface area contributed by atoms with Crippen molar-refractivity contribution in [3.63, 3.8) is 0 Å². The third kappa shape index (κ3) is 20.2. The lowest BCUT2D eigenvalue weighted by atomic mass is 9.88. The van der Waals surface area contributed by atoms with Gasteiger partial charge in [0.2, 0.25) is 11.8 Å². The Morgan fingerprint density at radius 1 is 0.614 bits per heavy atom. The van der Waals surface area contributed by atoms with Gasteiger partial charge in [-0.3, -0.25) is 9.59 Å². The van der Waals surface area contributed by atoms with Gasteiger partial charge in [0.1, 0.15) is 27.5 Å². The average Bonchev–Trinajstić information content (AvgIpc) is 1.62. The second-order valence-corrected chi connectivity index (χ2v) is 31.8. The third-order valence-corrected chi connectivity index (χ3v) is 21.6. The van der Waals surface area contributed by atoms with Crippen molar-refractivity contribution >= 4 is 72.8 Å². The van der Waals surface area contributed by atoms with Crippen LogP contribution in [0.4, 0.5) is 42.8 Å². The Labute approximate surface area is 593 Å². The summed E-state index contributed by atoms with van der Waals surface area (Å²) in [6, 6.07) is 17.1. The molecule has 0 spiro atoms. The number of likely N-dealkylation sites (tertiary alicyclic amines) is 1. The van der Waals surface area contributed by atoms with Crippen LogP contribution in [0.2, 0.25) is 10.3 Å². The SMILES string of the molecule is CCCC1(C)CC(CCCNc2cccc(S(=O)(=O)NC(=O)c3ccc(-n4ccc(OCCC5(C(F)(F)F)CC5)n4)nc3Cl)n2)CN1.CCCC1(C)CC(CCCNc2cccc(S(=O)(=O)NC(=O)c3ccc(-n4ccc(OCCC5(C(F)(F)F)CC5)n4)nc3Cl)n2)CN1C(=O)OC(C)(C)C. The molecule has 4 fully saturated rings. The second-order valence-electron chi connectivity index (χ2n) is 27.9. The largest absolute Gasteiger partial charge is 0.477 e. The summed E-state index contributed by atoms with van der Waals surface area (Å²) in [5.41, 5.74) is -4.44. The first-order chi connectivity index (χ1) is 47.5. The van der Waals surface area contributed by atoms with Crippen LogP contribution < -0.4 is 34.9 Å². The highest BCUT2D eigenvalue weighted by molar-refractivity contribution is 7.90. The summed E-state index contributed by atoms with van der Waals surface area (Å²) in [7, 11) is -8.75. The number of aromatic nitrogens is 8. The van der Waals surface area contributed by atoms with Crippen molar-refractivity contribution in [2.75, 3.05) is 50.0 Å². The van der Waals surface area contributed by atoms with Gasteiger partial charge < -0.3 is 35.1 Å². The van der Waals surface area contributed by atoms with E-state index in [1.807, 2.05) is 35.1 Å². The number of ether oxygens (including phenoxy) is 3. The number of hydrogen-bond acceptors (Lipinski definition) is 19. The first kappa shape index (κ1) is 77.6. The number of pyridine rings is 4. The molecule has 2 saturated carbocycles. The molecule has 2 aliphatic heterocycles. The maximum Gasteiger partial charge on any atom is 0.410 e. The molecule has 552 valence electrons. The molecule has 101 heavy (non-hydrogen) atoms. The average molecular weight is 1500 g/mol. The first-order valence-electron chi connectivity index (χ1n) is 33.6. The fourth-order valence-corrected chi connectivity index (χ4v) is 15.1. The number of nitrogens with one attached hydrogen (secondary N) is 5. The molecule has 8 heterocycles. The van der Waals surface area contributed by atoms with Crippen LogP contribution in [0.25, 0.3) is 11.6 Å². The number of alkyl halides is 6. The van der Waals surface area contributed by atoms with Crippen LogP contribution in [0.3, 0.4) is 0 Å². The van der Waals surface area contributed by atoms with E-state index in [9.17, 15) is 57.6 Å². The van der Waals surface area contributed by atoms with Crippen LogP contribution in [0, 0.1) is 22.7 Å². The van der Waals surface area contributed by atoms with Crippen LogP contribution in [-0.4, -0.2) is 148 Å². The first-order valence-corrected chi connectivity index (χ1v) is 37.3. The minimum absolute atomic E-state index is 0.0818. The number of rotatable bonds is 30. The summed E-state index contributed by atoms with van der Waals surface area (Å²) in [5.74, 6) is 0.0479. The molecule has 24 nitrogen and oxygen atoms in total. The molecule has 34 heteroatoms. The van der Waals surface area contributed by atoms with Crippen molar-refractivity contribution in [3.8, 4) is 23.4 Å². The Kier molecular flexibility index (Phi) is 24.3. The maximum atomic E-state index is 13.2.